The van der Waals surface area contributed by atoms with Crippen molar-refractivity contribution >= 4 is 24.1 Å². The zero-order valence-corrected chi connectivity index (χ0v) is 15.8. The summed E-state index contributed by atoms with van der Waals surface area (Å²) >= 11 is 5.21. The van der Waals surface area contributed by atoms with Crippen LogP contribution in [0.25, 0.3) is 0 Å². The Hall–Kier alpha value is -2.56. The Bertz CT molecular complexity index is 939. The number of aromatic nitrogens is 7. The van der Waals surface area contributed by atoms with Gasteiger partial charge in [-0.25, -0.2) is 4.68 Å². The van der Waals surface area contributed by atoms with Gasteiger partial charge < -0.3 is 14.4 Å². The highest BCUT2D eigenvalue weighted by atomic mass is 32.1. The van der Waals surface area contributed by atoms with Gasteiger partial charge in [-0.15, -0.1) is 0 Å². The van der Waals surface area contributed by atoms with Crippen LogP contribution >= 0.6 is 12.2 Å². The van der Waals surface area contributed by atoms with Crippen LogP contribution in [0.1, 0.15) is 31.5 Å². The summed E-state index contributed by atoms with van der Waals surface area (Å²) in [5, 5.41) is 18.9. The molecule has 1 atom stereocenters. The molecule has 2 aliphatic heterocycles. The minimum Gasteiger partial charge on any atom is -0.338 e. The number of likely N-dealkylation sites (tertiary alicyclic amines) is 1. The van der Waals surface area contributed by atoms with Crippen LogP contribution < -0.4 is 4.90 Å². The molecule has 138 valence electrons. The lowest BCUT2D eigenvalue weighted by Gasteiger charge is -2.35. The molecule has 2 aromatic heterocycles. The van der Waals surface area contributed by atoms with Crippen molar-refractivity contribution in [1.29, 1.82) is 0 Å². The van der Waals surface area contributed by atoms with Crippen molar-refractivity contribution in [2.24, 2.45) is 7.05 Å². The van der Waals surface area contributed by atoms with Gasteiger partial charge >= 0.3 is 0 Å². The van der Waals surface area contributed by atoms with Crippen molar-refractivity contribution in [2.45, 2.75) is 32.2 Å². The quantitative estimate of drug-likeness (QED) is 0.767. The molecule has 0 radical (unpaired) electrons. The maximum absolute atomic E-state index is 13.2. The number of hydrogen-bond acceptors (Lipinski definition) is 7. The highest BCUT2D eigenvalue weighted by Crippen LogP contribution is 2.29. The third-order valence-electron chi connectivity index (χ3n) is 5.31. The highest BCUT2D eigenvalue weighted by Gasteiger charge is 2.33. The zero-order chi connectivity index (χ0) is 18.4. The lowest BCUT2D eigenvalue weighted by molar-refractivity contribution is -0.128. The largest absolute Gasteiger partial charge is 0.338 e. The molecule has 1 N–H and O–H groups in total. The summed E-state index contributed by atoms with van der Waals surface area (Å²) < 4.78 is 4.14. The number of piperidine rings is 1. The van der Waals surface area contributed by atoms with Crippen LogP contribution in [0.4, 0.5) is 5.95 Å². The normalized spacial score (nSPS) is 20.5. The highest BCUT2D eigenvalue weighted by molar-refractivity contribution is 7.71. The van der Waals surface area contributed by atoms with Crippen molar-refractivity contribution in [3.8, 4) is 0 Å². The Labute approximate surface area is 155 Å². The lowest BCUT2D eigenvalue weighted by Crippen LogP contribution is -2.43. The van der Waals surface area contributed by atoms with E-state index in [0.717, 1.165) is 36.5 Å². The number of anilines is 1. The summed E-state index contributed by atoms with van der Waals surface area (Å²) in [6.45, 7) is 3.71. The van der Waals surface area contributed by atoms with Crippen LogP contribution in [-0.4, -0.2) is 65.9 Å². The molecule has 2 aromatic rings. The summed E-state index contributed by atoms with van der Waals surface area (Å²) in [6, 6.07) is 0. The molecule has 1 fully saturated rings. The summed E-state index contributed by atoms with van der Waals surface area (Å²) in [6.07, 6.45) is 1.93. The minimum atomic E-state index is 0.0389. The number of nitrogens with zero attached hydrogens (tertiary/aromatic N) is 8. The number of fused-ring (bicyclic) bond motifs is 1. The monoisotopic (exact) mass is 375 g/mol. The number of nitrogens with one attached hydrogen (secondary N) is 1. The number of aromatic amines is 1. The van der Waals surface area contributed by atoms with Crippen LogP contribution in [0, 0.1) is 4.77 Å². The van der Waals surface area contributed by atoms with Gasteiger partial charge in [0.1, 0.15) is 5.82 Å². The first-order chi connectivity index (χ1) is 12.5. The van der Waals surface area contributed by atoms with Crippen molar-refractivity contribution < 1.29 is 4.79 Å². The molecule has 10 nitrogen and oxygen atoms in total. The molecule has 0 spiro atoms. The third kappa shape index (κ3) is 2.62. The average molecular weight is 375 g/mol. The second-order valence-corrected chi connectivity index (χ2v) is 7.18. The second kappa shape index (κ2) is 6.31. The number of hydrogen-bond donors (Lipinski definition) is 1. The predicted molar refractivity (Wildman–Crippen MR) is 95.9 cm³/mol. The molecule has 0 bridgehead atoms. The van der Waals surface area contributed by atoms with E-state index in [1.54, 1.807) is 4.68 Å². The van der Waals surface area contributed by atoms with Crippen molar-refractivity contribution in [3.05, 3.63) is 21.9 Å². The Morgan fingerprint density at radius 2 is 2.15 bits per heavy atom. The fourth-order valence-electron chi connectivity index (χ4n) is 3.67. The van der Waals surface area contributed by atoms with Crippen LogP contribution in [0.5, 0.6) is 0 Å². The molecule has 0 aromatic carbocycles. The number of tetrazole rings is 1. The first-order valence-electron chi connectivity index (χ1n) is 8.57. The summed E-state index contributed by atoms with van der Waals surface area (Å²) in [5.74, 6) is 1.77. The molecule has 0 saturated carbocycles. The fraction of sp³-hybridized carbons (Fsp3) is 0.600. The number of allylic oxidation sites excluding steroid dienone is 1. The van der Waals surface area contributed by atoms with Gasteiger partial charge in [0, 0.05) is 38.8 Å². The summed E-state index contributed by atoms with van der Waals surface area (Å²) in [4.78, 5) is 17.0. The van der Waals surface area contributed by atoms with Crippen LogP contribution in [0.3, 0.4) is 0 Å². The molecular weight excluding hydrogens is 354 g/mol. The Morgan fingerprint density at radius 1 is 1.35 bits per heavy atom. The van der Waals surface area contributed by atoms with Gasteiger partial charge in [0.2, 0.25) is 5.95 Å². The maximum Gasteiger partial charge on any atom is 0.253 e. The van der Waals surface area contributed by atoms with Crippen LogP contribution in [-0.2, 0) is 18.4 Å². The average Bonchev–Trinajstić information content (AvgIpc) is 3.25. The first-order valence-corrected chi connectivity index (χ1v) is 8.98. The van der Waals surface area contributed by atoms with Gasteiger partial charge in [-0.3, -0.25) is 9.89 Å². The number of rotatable bonds is 2. The number of H-pyrrole nitrogens is 1. The Morgan fingerprint density at radius 3 is 2.88 bits per heavy atom. The first kappa shape index (κ1) is 16.9. The summed E-state index contributed by atoms with van der Waals surface area (Å²) in [7, 11) is 3.78. The molecule has 11 heteroatoms. The molecule has 4 heterocycles. The zero-order valence-electron chi connectivity index (χ0n) is 15.0. The SMILES string of the molecule is CC1=C(C(=O)N2CCCC(c3n[nH]c(=S)n3C)C2)Cn2nnnc2N1C. The topological polar surface area (TPSA) is 101 Å². The maximum atomic E-state index is 13.2. The van der Waals surface area contributed by atoms with E-state index in [-0.39, 0.29) is 11.8 Å². The fourth-order valence-corrected chi connectivity index (χ4v) is 3.81. The van der Waals surface area contributed by atoms with Gasteiger partial charge in [-0.1, -0.05) is 5.10 Å². The number of amides is 1. The standard InChI is InChI=1S/C15H21N9OS/c1-9-11(8-24-14(21(9)2)17-19-20-24)13(25)23-6-4-5-10(7-23)12-16-18-15(26)22(12)3/h10H,4-8H2,1-3H3,(H,18,26). The van der Waals surface area contributed by atoms with Crippen molar-refractivity contribution in [1.82, 2.24) is 39.9 Å². The Balaban J connectivity index is 1.57. The van der Waals surface area contributed by atoms with E-state index >= 15 is 0 Å². The molecule has 1 unspecified atom stereocenters. The molecule has 0 aliphatic carbocycles. The van der Waals surface area contributed by atoms with Crippen LogP contribution in [0.2, 0.25) is 0 Å². The van der Waals surface area contributed by atoms with Gasteiger partial charge in [0.05, 0.1) is 12.1 Å². The number of carbonyl (C=O) groups is 1. The van der Waals surface area contributed by atoms with E-state index in [9.17, 15) is 4.79 Å². The second-order valence-electron chi connectivity index (χ2n) is 6.80. The van der Waals surface area contributed by atoms with Gasteiger partial charge in [0.25, 0.3) is 5.91 Å². The Kier molecular flexibility index (Phi) is 4.10. The smallest absolute Gasteiger partial charge is 0.253 e. The van der Waals surface area contributed by atoms with Crippen LogP contribution in [0.15, 0.2) is 11.3 Å². The van der Waals surface area contributed by atoms with E-state index in [2.05, 4.69) is 25.7 Å². The van der Waals surface area contributed by atoms with E-state index in [0.29, 0.717) is 23.8 Å². The lowest BCUT2D eigenvalue weighted by atomic mass is 9.96. The van der Waals surface area contributed by atoms with E-state index in [1.807, 2.05) is 35.4 Å². The van der Waals surface area contributed by atoms with E-state index < -0.39 is 0 Å². The molecule has 4 rings (SSSR count). The minimum absolute atomic E-state index is 0.0389. The van der Waals surface area contributed by atoms with Crippen molar-refractivity contribution in [3.63, 3.8) is 0 Å². The van der Waals surface area contributed by atoms with Gasteiger partial charge in [-0.05, 0) is 42.4 Å². The van der Waals surface area contributed by atoms with Gasteiger partial charge in [0.15, 0.2) is 4.77 Å². The molecule has 1 saturated heterocycles. The number of carbonyl (C=O) groups excluding carboxylic acids is 1. The molecule has 1 amide bonds. The molecular formula is C15H21N9OS. The van der Waals surface area contributed by atoms with E-state index in [4.69, 9.17) is 12.2 Å². The van der Waals surface area contributed by atoms with Crippen molar-refractivity contribution in [2.75, 3.05) is 25.0 Å². The van der Waals surface area contributed by atoms with Gasteiger partial charge in [-0.2, -0.15) is 5.10 Å². The summed E-state index contributed by atoms with van der Waals surface area (Å²) in [5.41, 5.74) is 1.61. The van der Waals surface area contributed by atoms with E-state index in [1.165, 1.54) is 0 Å². The predicted octanol–water partition coefficient (Wildman–Crippen LogP) is 0.594. The molecule has 2 aliphatic rings. The third-order valence-corrected chi connectivity index (χ3v) is 5.67. The molecule has 26 heavy (non-hydrogen) atoms.